The SMILES string of the molecule is CN=C(N1CCCCC1)C(C)(C)C. The number of hydrogen-bond acceptors (Lipinski definition) is 1. The molecule has 2 heteroatoms. The highest BCUT2D eigenvalue weighted by Crippen LogP contribution is 2.21. The Morgan fingerprint density at radius 1 is 1.08 bits per heavy atom. The van der Waals surface area contributed by atoms with Crippen LogP contribution in [0.1, 0.15) is 40.0 Å². The number of piperidine rings is 1. The van der Waals surface area contributed by atoms with Gasteiger partial charge in [-0.3, -0.25) is 4.99 Å². The molecule has 0 unspecified atom stereocenters. The predicted molar refractivity (Wildman–Crippen MR) is 58.2 cm³/mol. The molecule has 1 rings (SSSR count). The molecule has 13 heavy (non-hydrogen) atoms. The lowest BCUT2D eigenvalue weighted by molar-refractivity contribution is 0.312. The van der Waals surface area contributed by atoms with Gasteiger partial charge in [0.2, 0.25) is 0 Å². The highest BCUT2D eigenvalue weighted by Gasteiger charge is 2.24. The Balaban J connectivity index is 2.66. The first-order chi connectivity index (χ1) is 6.05. The zero-order chi connectivity index (χ0) is 9.90. The lowest BCUT2D eigenvalue weighted by Crippen LogP contribution is -2.42. The monoisotopic (exact) mass is 182 g/mol. The average Bonchev–Trinajstić information content (AvgIpc) is 2.05. The highest BCUT2D eigenvalue weighted by molar-refractivity contribution is 5.87. The first-order valence-corrected chi connectivity index (χ1v) is 5.28. The van der Waals surface area contributed by atoms with Crippen LogP contribution in [0, 0.1) is 5.41 Å². The fraction of sp³-hybridized carbons (Fsp3) is 0.909. The maximum absolute atomic E-state index is 4.43. The van der Waals surface area contributed by atoms with E-state index in [2.05, 4.69) is 30.7 Å². The summed E-state index contributed by atoms with van der Waals surface area (Å²) in [4.78, 5) is 6.87. The minimum atomic E-state index is 0.200. The molecule has 1 aliphatic heterocycles. The summed E-state index contributed by atoms with van der Waals surface area (Å²) in [5, 5.41) is 0. The molecule has 1 fully saturated rings. The molecule has 76 valence electrons. The van der Waals surface area contributed by atoms with Gasteiger partial charge >= 0.3 is 0 Å². The maximum Gasteiger partial charge on any atom is 0.104 e. The van der Waals surface area contributed by atoms with Crippen LogP contribution in [0.3, 0.4) is 0 Å². The molecule has 0 aliphatic carbocycles. The summed E-state index contributed by atoms with van der Waals surface area (Å²) in [5.41, 5.74) is 0.200. The summed E-state index contributed by atoms with van der Waals surface area (Å²) in [6, 6.07) is 0. The molecule has 0 aromatic carbocycles. The topological polar surface area (TPSA) is 15.6 Å². The van der Waals surface area contributed by atoms with E-state index < -0.39 is 0 Å². The minimum absolute atomic E-state index is 0.200. The van der Waals surface area contributed by atoms with Crippen LogP contribution in [-0.4, -0.2) is 30.9 Å². The minimum Gasteiger partial charge on any atom is -0.360 e. The molecule has 2 nitrogen and oxygen atoms in total. The normalized spacial score (nSPS) is 20.6. The Bertz CT molecular complexity index is 183. The molecule has 0 aromatic heterocycles. The van der Waals surface area contributed by atoms with E-state index in [4.69, 9.17) is 0 Å². The van der Waals surface area contributed by atoms with Gasteiger partial charge in [0.05, 0.1) is 0 Å². The second-order valence-corrected chi connectivity index (χ2v) is 4.84. The number of nitrogens with zero attached hydrogens (tertiary/aromatic N) is 2. The standard InChI is InChI=1S/C11H22N2/c1-11(2,3)10(12-4)13-8-6-5-7-9-13/h5-9H2,1-4H3. The third-order valence-electron chi connectivity index (χ3n) is 2.54. The van der Waals surface area contributed by atoms with Crippen LogP contribution in [-0.2, 0) is 0 Å². The quantitative estimate of drug-likeness (QED) is 0.415. The maximum atomic E-state index is 4.43. The number of amidine groups is 1. The zero-order valence-electron chi connectivity index (χ0n) is 9.43. The van der Waals surface area contributed by atoms with Crippen molar-refractivity contribution in [3.05, 3.63) is 0 Å². The van der Waals surface area contributed by atoms with Gasteiger partial charge in [-0.15, -0.1) is 0 Å². The number of aliphatic imine (C=N–C) groups is 1. The van der Waals surface area contributed by atoms with E-state index in [-0.39, 0.29) is 5.41 Å². The largest absolute Gasteiger partial charge is 0.360 e. The summed E-state index contributed by atoms with van der Waals surface area (Å²) >= 11 is 0. The van der Waals surface area contributed by atoms with E-state index in [1.54, 1.807) is 0 Å². The van der Waals surface area contributed by atoms with Crippen LogP contribution in [0.15, 0.2) is 4.99 Å². The fourth-order valence-corrected chi connectivity index (χ4v) is 2.06. The van der Waals surface area contributed by atoms with E-state index in [1.165, 1.54) is 38.2 Å². The first-order valence-electron chi connectivity index (χ1n) is 5.28. The molecule has 0 N–H and O–H groups in total. The Kier molecular flexibility index (Phi) is 3.34. The number of hydrogen-bond donors (Lipinski definition) is 0. The van der Waals surface area contributed by atoms with Crippen molar-refractivity contribution in [3.63, 3.8) is 0 Å². The van der Waals surface area contributed by atoms with Crippen LogP contribution < -0.4 is 0 Å². The molecule has 0 aromatic rings. The smallest absolute Gasteiger partial charge is 0.104 e. The van der Waals surface area contributed by atoms with E-state index in [9.17, 15) is 0 Å². The number of likely N-dealkylation sites (tertiary alicyclic amines) is 1. The molecule has 1 saturated heterocycles. The van der Waals surface area contributed by atoms with Crippen LogP contribution in [0.4, 0.5) is 0 Å². The van der Waals surface area contributed by atoms with Gasteiger partial charge in [-0.25, -0.2) is 0 Å². The van der Waals surface area contributed by atoms with Crippen LogP contribution >= 0.6 is 0 Å². The molecular formula is C11H22N2. The number of rotatable bonds is 0. The van der Waals surface area contributed by atoms with Crippen molar-refractivity contribution >= 4 is 5.84 Å². The summed E-state index contributed by atoms with van der Waals surface area (Å²) < 4.78 is 0. The molecule has 0 amide bonds. The van der Waals surface area contributed by atoms with E-state index in [1.807, 2.05) is 7.05 Å². The average molecular weight is 182 g/mol. The van der Waals surface area contributed by atoms with E-state index >= 15 is 0 Å². The van der Waals surface area contributed by atoms with Gasteiger partial charge in [0.15, 0.2) is 0 Å². The second kappa shape index (κ2) is 4.12. The first kappa shape index (κ1) is 10.6. The molecule has 0 bridgehead atoms. The van der Waals surface area contributed by atoms with Gasteiger partial charge in [0.25, 0.3) is 0 Å². The molecule has 0 radical (unpaired) electrons. The molecule has 0 atom stereocenters. The van der Waals surface area contributed by atoms with Crippen LogP contribution in [0.2, 0.25) is 0 Å². The molecular weight excluding hydrogens is 160 g/mol. The van der Waals surface area contributed by atoms with Crippen molar-refractivity contribution in [1.29, 1.82) is 0 Å². The van der Waals surface area contributed by atoms with Crippen molar-refractivity contribution in [2.45, 2.75) is 40.0 Å². The van der Waals surface area contributed by atoms with E-state index in [0.29, 0.717) is 0 Å². The summed E-state index contributed by atoms with van der Waals surface area (Å²) in [6.07, 6.45) is 4.04. The van der Waals surface area contributed by atoms with Crippen molar-refractivity contribution in [3.8, 4) is 0 Å². The van der Waals surface area contributed by atoms with Crippen molar-refractivity contribution in [2.24, 2.45) is 10.4 Å². The van der Waals surface area contributed by atoms with Crippen molar-refractivity contribution < 1.29 is 0 Å². The third kappa shape index (κ3) is 2.71. The molecule has 1 aliphatic rings. The predicted octanol–water partition coefficient (Wildman–Crippen LogP) is 2.55. The lowest BCUT2D eigenvalue weighted by Gasteiger charge is -2.36. The zero-order valence-corrected chi connectivity index (χ0v) is 9.43. The summed E-state index contributed by atoms with van der Waals surface area (Å²) in [6.45, 7) is 9.12. The Morgan fingerprint density at radius 3 is 2.00 bits per heavy atom. The highest BCUT2D eigenvalue weighted by atomic mass is 15.2. The molecule has 1 heterocycles. The Morgan fingerprint density at radius 2 is 1.62 bits per heavy atom. The van der Waals surface area contributed by atoms with Gasteiger partial charge in [-0.05, 0) is 19.3 Å². The summed E-state index contributed by atoms with van der Waals surface area (Å²) in [5.74, 6) is 1.27. The van der Waals surface area contributed by atoms with Gasteiger partial charge < -0.3 is 4.90 Å². The Labute approximate surface area is 82.0 Å². The third-order valence-corrected chi connectivity index (χ3v) is 2.54. The lowest BCUT2D eigenvalue weighted by atomic mass is 9.92. The van der Waals surface area contributed by atoms with Gasteiger partial charge in [0.1, 0.15) is 5.84 Å². The van der Waals surface area contributed by atoms with Gasteiger partial charge in [-0.1, -0.05) is 20.8 Å². The second-order valence-electron chi connectivity index (χ2n) is 4.84. The van der Waals surface area contributed by atoms with Gasteiger partial charge in [-0.2, -0.15) is 0 Å². The van der Waals surface area contributed by atoms with Crippen LogP contribution in [0.25, 0.3) is 0 Å². The fourth-order valence-electron chi connectivity index (χ4n) is 2.06. The molecule has 0 spiro atoms. The summed E-state index contributed by atoms with van der Waals surface area (Å²) in [7, 11) is 1.91. The van der Waals surface area contributed by atoms with Crippen molar-refractivity contribution in [1.82, 2.24) is 4.90 Å². The van der Waals surface area contributed by atoms with Crippen molar-refractivity contribution in [2.75, 3.05) is 20.1 Å². The Hall–Kier alpha value is -0.530. The van der Waals surface area contributed by atoms with Gasteiger partial charge in [0, 0.05) is 25.6 Å². The van der Waals surface area contributed by atoms with Crippen LogP contribution in [0.5, 0.6) is 0 Å². The molecule has 0 saturated carbocycles. The van der Waals surface area contributed by atoms with E-state index in [0.717, 1.165) is 0 Å².